The maximum Gasteiger partial charge on any atom is 0.317 e. The third kappa shape index (κ3) is 4.89. The number of hydrogen-bond acceptors (Lipinski definition) is 3. The number of carboxylic acid groups (broad SMARTS) is 1. The van der Waals surface area contributed by atoms with E-state index in [2.05, 4.69) is 15.3 Å². The molecular weight excluding hydrogens is 368 g/mol. The number of hydrogen-bond donors (Lipinski definition) is 3. The lowest BCUT2D eigenvalue weighted by Gasteiger charge is -2.38. The minimum absolute atomic E-state index is 0.000260. The van der Waals surface area contributed by atoms with Crippen molar-refractivity contribution in [2.45, 2.75) is 57.4 Å². The number of fused-ring (bicyclic) bond motifs is 1. The van der Waals surface area contributed by atoms with Crippen LogP contribution in [-0.4, -0.2) is 51.1 Å². The van der Waals surface area contributed by atoms with E-state index in [-0.39, 0.29) is 30.3 Å². The van der Waals surface area contributed by atoms with Gasteiger partial charge in [-0.15, -0.1) is 0 Å². The lowest BCUT2D eigenvalue weighted by molar-refractivity contribution is -0.139. The number of amides is 2. The molecule has 2 fully saturated rings. The Labute approximate surface area is 170 Å². The summed E-state index contributed by atoms with van der Waals surface area (Å²) in [5, 5.41) is 12.5. The smallest absolute Gasteiger partial charge is 0.317 e. The zero-order valence-corrected chi connectivity index (χ0v) is 16.8. The highest BCUT2D eigenvalue weighted by atomic mass is 16.4. The van der Waals surface area contributed by atoms with Gasteiger partial charge in [-0.25, -0.2) is 9.78 Å². The highest BCUT2D eigenvalue weighted by Crippen LogP contribution is 2.30. The van der Waals surface area contributed by atoms with E-state index in [1.165, 1.54) is 19.3 Å². The van der Waals surface area contributed by atoms with Crippen LogP contribution in [0.2, 0.25) is 0 Å². The van der Waals surface area contributed by atoms with Gasteiger partial charge in [0.15, 0.2) is 0 Å². The summed E-state index contributed by atoms with van der Waals surface area (Å²) < 4.78 is 0. The van der Waals surface area contributed by atoms with Gasteiger partial charge in [0.1, 0.15) is 5.82 Å². The maximum atomic E-state index is 12.8. The third-order valence-corrected chi connectivity index (χ3v) is 6.44. The first-order valence-electron chi connectivity index (χ1n) is 10.8. The normalized spacial score (nSPS) is 23.2. The number of urea groups is 1. The molecule has 2 heterocycles. The van der Waals surface area contributed by atoms with Gasteiger partial charge >= 0.3 is 12.0 Å². The molecule has 2 amide bonds. The van der Waals surface area contributed by atoms with Crippen molar-refractivity contribution in [1.82, 2.24) is 20.2 Å². The second-order valence-corrected chi connectivity index (χ2v) is 8.54. The lowest BCUT2D eigenvalue weighted by Crippen LogP contribution is -2.51. The molecule has 2 aliphatic rings. The van der Waals surface area contributed by atoms with Crippen LogP contribution in [0.4, 0.5) is 4.79 Å². The second-order valence-electron chi connectivity index (χ2n) is 8.54. The van der Waals surface area contributed by atoms with E-state index in [0.29, 0.717) is 19.5 Å². The summed E-state index contributed by atoms with van der Waals surface area (Å²) in [5.41, 5.74) is 1.90. The van der Waals surface area contributed by atoms with Crippen LogP contribution in [0.25, 0.3) is 11.0 Å². The molecular formula is C22H30N4O3. The van der Waals surface area contributed by atoms with Crippen molar-refractivity contribution in [3.63, 3.8) is 0 Å². The molecule has 7 nitrogen and oxygen atoms in total. The first kappa shape index (κ1) is 19.7. The first-order chi connectivity index (χ1) is 14.1. The Morgan fingerprint density at radius 2 is 1.93 bits per heavy atom. The standard InChI is InChI=1S/C22H30N4O3/c27-21(28)13-15-10-11-26(22(29)23-17-6-2-1-3-7-17)14-16(15)12-20-24-18-8-4-5-9-19(18)25-20/h4-5,8-9,15-17H,1-3,6-7,10-14H2,(H,23,29)(H,24,25)(H,27,28)/t15-,16-/m0/s1. The molecule has 4 rings (SSSR count). The number of benzene rings is 1. The van der Waals surface area contributed by atoms with Crippen molar-refractivity contribution < 1.29 is 14.7 Å². The summed E-state index contributed by atoms with van der Waals surface area (Å²) in [6.45, 7) is 1.20. The van der Waals surface area contributed by atoms with Crippen LogP contribution in [-0.2, 0) is 11.2 Å². The van der Waals surface area contributed by atoms with E-state index in [0.717, 1.165) is 36.1 Å². The Balaban J connectivity index is 1.44. The Kier molecular flexibility index (Phi) is 6.02. The summed E-state index contributed by atoms with van der Waals surface area (Å²) in [4.78, 5) is 34.1. The number of likely N-dealkylation sites (tertiary alicyclic amines) is 1. The number of piperidine rings is 1. The van der Waals surface area contributed by atoms with Gasteiger partial charge in [-0.3, -0.25) is 4.79 Å². The SMILES string of the molecule is O=C(O)C[C@@H]1CCN(C(=O)NC2CCCCC2)C[C@@H]1Cc1nc2ccccc2[nH]1. The van der Waals surface area contributed by atoms with E-state index in [9.17, 15) is 14.7 Å². The van der Waals surface area contributed by atoms with Gasteiger partial charge in [0, 0.05) is 32.0 Å². The van der Waals surface area contributed by atoms with Gasteiger partial charge in [0.2, 0.25) is 0 Å². The number of H-pyrrole nitrogens is 1. The molecule has 0 spiro atoms. The van der Waals surface area contributed by atoms with Gasteiger partial charge < -0.3 is 20.3 Å². The molecule has 29 heavy (non-hydrogen) atoms. The summed E-state index contributed by atoms with van der Waals surface area (Å²) in [6.07, 6.45) is 7.25. The van der Waals surface area contributed by atoms with E-state index in [1.54, 1.807) is 0 Å². The van der Waals surface area contributed by atoms with Gasteiger partial charge in [-0.2, -0.15) is 0 Å². The lowest BCUT2D eigenvalue weighted by atomic mass is 9.81. The van der Waals surface area contributed by atoms with Crippen molar-refractivity contribution in [3.8, 4) is 0 Å². The van der Waals surface area contributed by atoms with Crippen LogP contribution in [0.5, 0.6) is 0 Å². The topological polar surface area (TPSA) is 98.3 Å². The number of carboxylic acids is 1. The number of para-hydroxylation sites is 2. The Morgan fingerprint density at radius 3 is 2.69 bits per heavy atom. The third-order valence-electron chi connectivity index (χ3n) is 6.44. The second kappa shape index (κ2) is 8.84. The van der Waals surface area contributed by atoms with Crippen LogP contribution in [0.3, 0.4) is 0 Å². The maximum absolute atomic E-state index is 12.8. The number of aliphatic carboxylic acids is 1. The average molecular weight is 399 g/mol. The highest BCUT2D eigenvalue weighted by molar-refractivity contribution is 5.75. The molecule has 1 aliphatic carbocycles. The zero-order valence-electron chi connectivity index (χ0n) is 16.8. The van der Waals surface area contributed by atoms with Gasteiger partial charge in [-0.1, -0.05) is 31.4 Å². The molecule has 1 saturated heterocycles. The Morgan fingerprint density at radius 1 is 1.14 bits per heavy atom. The summed E-state index contributed by atoms with van der Waals surface area (Å²) in [7, 11) is 0. The van der Waals surface area contributed by atoms with Crippen molar-refractivity contribution in [2.75, 3.05) is 13.1 Å². The number of imidazole rings is 1. The number of nitrogens with one attached hydrogen (secondary N) is 2. The molecule has 0 radical (unpaired) electrons. The fourth-order valence-corrected chi connectivity index (χ4v) is 4.85. The zero-order chi connectivity index (χ0) is 20.2. The minimum Gasteiger partial charge on any atom is -0.481 e. The van der Waals surface area contributed by atoms with Crippen LogP contribution in [0.1, 0.15) is 50.8 Å². The average Bonchev–Trinajstić information content (AvgIpc) is 3.12. The van der Waals surface area contributed by atoms with E-state index in [4.69, 9.17) is 0 Å². The minimum atomic E-state index is -0.773. The summed E-state index contributed by atoms with van der Waals surface area (Å²) in [5.74, 6) is 0.225. The van der Waals surface area contributed by atoms with Gasteiger partial charge in [0.05, 0.1) is 11.0 Å². The molecule has 1 aromatic heterocycles. The van der Waals surface area contributed by atoms with Crippen LogP contribution in [0, 0.1) is 11.8 Å². The molecule has 0 bridgehead atoms. The van der Waals surface area contributed by atoms with Crippen molar-refractivity contribution >= 4 is 23.0 Å². The number of aromatic amines is 1. The molecule has 1 aromatic carbocycles. The number of carbonyl (C=O) groups excluding carboxylic acids is 1. The molecule has 1 saturated carbocycles. The van der Waals surface area contributed by atoms with Gasteiger partial charge in [-0.05, 0) is 43.2 Å². The predicted octanol–water partition coefficient (Wildman–Crippen LogP) is 3.56. The van der Waals surface area contributed by atoms with Crippen molar-refractivity contribution in [3.05, 3.63) is 30.1 Å². The quantitative estimate of drug-likeness (QED) is 0.717. The first-order valence-corrected chi connectivity index (χ1v) is 10.8. The van der Waals surface area contributed by atoms with E-state index < -0.39 is 5.97 Å². The van der Waals surface area contributed by atoms with Crippen LogP contribution < -0.4 is 5.32 Å². The highest BCUT2D eigenvalue weighted by Gasteiger charge is 2.34. The largest absolute Gasteiger partial charge is 0.481 e. The number of aromatic nitrogens is 2. The molecule has 7 heteroatoms. The van der Waals surface area contributed by atoms with E-state index in [1.807, 2.05) is 29.2 Å². The molecule has 2 atom stereocenters. The fraction of sp³-hybridized carbons (Fsp3) is 0.591. The van der Waals surface area contributed by atoms with Crippen molar-refractivity contribution in [2.24, 2.45) is 11.8 Å². The van der Waals surface area contributed by atoms with Crippen LogP contribution in [0.15, 0.2) is 24.3 Å². The molecule has 1 aliphatic heterocycles. The van der Waals surface area contributed by atoms with Gasteiger partial charge in [0.25, 0.3) is 0 Å². The fourth-order valence-electron chi connectivity index (χ4n) is 4.85. The summed E-state index contributed by atoms with van der Waals surface area (Å²) >= 11 is 0. The van der Waals surface area contributed by atoms with Crippen molar-refractivity contribution in [1.29, 1.82) is 0 Å². The predicted molar refractivity (Wildman–Crippen MR) is 111 cm³/mol. The number of nitrogens with zero attached hydrogens (tertiary/aromatic N) is 2. The van der Waals surface area contributed by atoms with Crippen LogP contribution >= 0.6 is 0 Å². The van der Waals surface area contributed by atoms with E-state index >= 15 is 0 Å². The number of carbonyl (C=O) groups is 2. The summed E-state index contributed by atoms with van der Waals surface area (Å²) in [6, 6.07) is 8.16. The Bertz CT molecular complexity index is 826. The monoisotopic (exact) mass is 398 g/mol. The molecule has 3 N–H and O–H groups in total. The Hall–Kier alpha value is -2.57. The molecule has 156 valence electrons. The number of rotatable bonds is 5. The molecule has 0 unspecified atom stereocenters. The molecule has 2 aromatic rings.